The molecule has 0 aromatic rings. The number of hydrogen-bond donors (Lipinski definition) is 7. The van der Waals surface area contributed by atoms with Crippen LogP contribution in [0.15, 0.2) is 95.2 Å². The van der Waals surface area contributed by atoms with Crippen LogP contribution in [0.5, 0.6) is 0 Å². The molecule has 6 bridgehead atoms. The smallest absolute Gasteiger partial charge is 0.309 e. The Morgan fingerprint density at radius 1 is 0.461 bits per heavy atom. The average molecular weight is 1240 g/mol. The van der Waals surface area contributed by atoms with E-state index in [9.17, 15) is 64.5 Å². The summed E-state index contributed by atoms with van der Waals surface area (Å²) in [7, 11) is 3.85. The van der Waals surface area contributed by atoms with E-state index in [4.69, 9.17) is 14.2 Å². The minimum atomic E-state index is -2.07. The molecular formula is C73H106O16. The zero-order valence-corrected chi connectivity index (χ0v) is 56.4. The lowest BCUT2D eigenvalue weighted by Gasteiger charge is -2.46. The van der Waals surface area contributed by atoms with Crippen molar-refractivity contribution in [1.82, 2.24) is 0 Å². The summed E-state index contributed by atoms with van der Waals surface area (Å²) in [5, 5.41) is 80.2. The molecule has 0 aromatic heterocycles. The summed E-state index contributed by atoms with van der Waals surface area (Å²) in [6.07, 6.45) is 11.6. The third-order valence-corrected chi connectivity index (χ3v) is 24.4. The van der Waals surface area contributed by atoms with E-state index in [1.165, 1.54) is 21.3 Å². The number of methoxy groups -OCH3 is 3. The van der Waals surface area contributed by atoms with E-state index in [1.54, 1.807) is 43.4 Å². The summed E-state index contributed by atoms with van der Waals surface area (Å²) in [4.78, 5) is 77.6. The second-order valence-corrected chi connectivity index (χ2v) is 28.7. The summed E-state index contributed by atoms with van der Waals surface area (Å²) in [5.41, 5.74) is -5.90. The summed E-state index contributed by atoms with van der Waals surface area (Å²) < 4.78 is 14.4. The van der Waals surface area contributed by atoms with Gasteiger partial charge in [-0.2, -0.15) is 0 Å². The van der Waals surface area contributed by atoms with Crippen LogP contribution in [0.1, 0.15) is 162 Å². The first kappa shape index (κ1) is 71.5. The molecule has 16 heteroatoms. The highest BCUT2D eigenvalue weighted by Gasteiger charge is 2.77. The number of ketones is 3. The number of esters is 3. The molecule has 16 nitrogen and oxygen atoms in total. The van der Waals surface area contributed by atoms with Crippen molar-refractivity contribution in [3.63, 3.8) is 0 Å². The van der Waals surface area contributed by atoms with Gasteiger partial charge >= 0.3 is 17.9 Å². The molecule has 0 heterocycles. The number of hydrogen-bond acceptors (Lipinski definition) is 16. The molecule has 494 valence electrons. The Kier molecular flexibility index (Phi) is 20.0. The molecule has 0 amide bonds. The van der Waals surface area contributed by atoms with Gasteiger partial charge < -0.3 is 50.0 Å². The van der Waals surface area contributed by atoms with Crippen LogP contribution in [0.3, 0.4) is 0 Å². The van der Waals surface area contributed by atoms with Gasteiger partial charge in [-0.3, -0.25) is 28.8 Å². The third kappa shape index (κ3) is 10.0. The summed E-state index contributed by atoms with van der Waals surface area (Å²) in [6.45, 7) is 38.1. The minimum absolute atomic E-state index is 0.00179. The van der Waals surface area contributed by atoms with Crippen LogP contribution in [-0.4, -0.2) is 134 Å². The van der Waals surface area contributed by atoms with Gasteiger partial charge in [-0.25, -0.2) is 0 Å². The Labute approximate surface area is 528 Å². The molecule has 21 atom stereocenters. The maximum absolute atomic E-state index is 13.9. The monoisotopic (exact) mass is 1240 g/mol. The van der Waals surface area contributed by atoms with Crippen LogP contribution >= 0.6 is 0 Å². The van der Waals surface area contributed by atoms with Crippen LogP contribution < -0.4 is 0 Å². The van der Waals surface area contributed by atoms with Crippen molar-refractivity contribution in [2.24, 2.45) is 97.6 Å². The van der Waals surface area contributed by atoms with Gasteiger partial charge in [0.05, 0.1) is 56.8 Å². The van der Waals surface area contributed by atoms with Gasteiger partial charge in [0.25, 0.3) is 0 Å². The SMILES string of the molecule is C=C[C@H]1C(C)=C[C@@]23CC[C@@H]4[C@H]([C@@H](C=C(CC(=O)OC)[C@@H](O)[C@]12O)C3=O)C4(C)C.C=C[C@H]1C(C)=C[C@@]23CC[C@@H]4[C@H]([C@@H](C=C(CC(=O)OC)[C@@H](O)[C@]12O)C3=O)C4(C)C.CC.CC.CC.COC(=O)CC1=C[C@H]2C(=O)[C@]3(C=C(C)[C@H](O)[C@@]3(O)[C@@H]1O)CC[C@@H]1[C@H]2C1(C)C. The highest BCUT2D eigenvalue weighted by molar-refractivity contribution is 5.97. The Hall–Kier alpha value is -4.94. The Morgan fingerprint density at radius 3 is 0.966 bits per heavy atom. The van der Waals surface area contributed by atoms with Crippen molar-refractivity contribution in [2.75, 3.05) is 21.3 Å². The van der Waals surface area contributed by atoms with Gasteiger partial charge in [-0.15, -0.1) is 13.2 Å². The molecular weight excluding hydrogens is 1130 g/mol. The lowest BCUT2D eigenvalue weighted by Crippen LogP contribution is -2.62. The highest BCUT2D eigenvalue weighted by Crippen LogP contribution is 2.74. The average Bonchev–Trinajstić information content (AvgIpc) is 1.53. The molecule has 3 spiro atoms. The molecule has 6 saturated carbocycles. The Balaban J connectivity index is 0.000000182. The van der Waals surface area contributed by atoms with Gasteiger partial charge in [0.15, 0.2) is 17.3 Å². The number of aliphatic hydroxyl groups excluding tert-OH is 4. The zero-order valence-electron chi connectivity index (χ0n) is 56.4. The maximum atomic E-state index is 13.9. The third-order valence-electron chi connectivity index (χ3n) is 24.4. The van der Waals surface area contributed by atoms with Crippen molar-refractivity contribution in [3.8, 4) is 0 Å². The van der Waals surface area contributed by atoms with Crippen LogP contribution in [-0.2, 0) is 43.0 Å². The quantitative estimate of drug-likeness (QED) is 0.0677. The number of carbonyl (C=O) groups excluding carboxylic acids is 6. The normalized spacial score (nSPS) is 43.2. The van der Waals surface area contributed by atoms with Gasteiger partial charge in [0, 0.05) is 29.6 Å². The molecule has 12 aliphatic rings. The standard InChI is InChI=1S/2C23H30O5.C21H28O6.3C2H6/c2*1-6-15-12(2)11-22-8-7-16-18(21(16,3)4)14(20(22)26)9-13(10-17(24)28-5)19(25)23(15,22)27;1-10-9-20-6-5-13-15(19(13,2)3)12(18(20)25)7-11(8-14(22)27-4)17(24)21(20,26)16(10)23;3*1-2/h2*6,9,11,14-16,18-19,25,27H,1,7-8,10H2,2-5H3;7,9,12-13,15-17,23-24,26H,5-6,8H2,1-4H3;3*1-2H3/t2*14-,15+,16-,18+,19-,22-,23-;12-,13-,15+,16+,17-,20-,21-;;;/m111.../s1. The fourth-order valence-corrected chi connectivity index (χ4v) is 19.8. The lowest BCUT2D eigenvalue weighted by atomic mass is 9.61. The molecule has 7 N–H and O–H groups in total. The number of carbonyl (C=O) groups is 6. The minimum Gasteiger partial charge on any atom is -0.469 e. The first-order valence-corrected chi connectivity index (χ1v) is 32.8. The van der Waals surface area contributed by atoms with Crippen LogP contribution in [0.2, 0.25) is 0 Å². The van der Waals surface area contributed by atoms with Gasteiger partial charge in [0.2, 0.25) is 0 Å². The second-order valence-electron chi connectivity index (χ2n) is 28.7. The van der Waals surface area contributed by atoms with Gasteiger partial charge in [-0.05, 0) is 133 Å². The van der Waals surface area contributed by atoms with Crippen molar-refractivity contribution in [3.05, 3.63) is 95.2 Å². The number of rotatable bonds is 8. The number of allylic oxidation sites excluding steroid dienone is 3. The van der Waals surface area contributed by atoms with Crippen molar-refractivity contribution < 1.29 is 78.7 Å². The predicted molar refractivity (Wildman–Crippen MR) is 338 cm³/mol. The van der Waals surface area contributed by atoms with E-state index in [0.29, 0.717) is 53.7 Å². The number of fused-ring (bicyclic) bond motifs is 9. The first-order valence-electron chi connectivity index (χ1n) is 32.8. The molecule has 0 unspecified atom stereocenters. The van der Waals surface area contributed by atoms with Crippen LogP contribution in [0, 0.1) is 97.6 Å². The van der Waals surface area contributed by atoms with E-state index < -0.39 is 105 Å². The van der Waals surface area contributed by atoms with E-state index in [0.717, 1.165) is 30.4 Å². The summed E-state index contributed by atoms with van der Waals surface area (Å²) in [6, 6.07) is 0. The second kappa shape index (κ2) is 24.8. The molecule has 0 aromatic carbocycles. The fraction of sp³-hybridized carbons (Fsp3) is 0.699. The summed E-state index contributed by atoms with van der Waals surface area (Å²) in [5.74, 6) is -2.61. The zero-order chi connectivity index (χ0) is 67.2. The topological polar surface area (TPSA) is 272 Å². The molecule has 89 heavy (non-hydrogen) atoms. The van der Waals surface area contributed by atoms with Crippen molar-refractivity contribution in [1.29, 1.82) is 0 Å². The summed E-state index contributed by atoms with van der Waals surface area (Å²) >= 11 is 0. The Morgan fingerprint density at radius 2 is 0.708 bits per heavy atom. The van der Waals surface area contributed by atoms with Crippen molar-refractivity contribution in [2.45, 2.75) is 203 Å². The fourth-order valence-electron chi connectivity index (χ4n) is 19.8. The molecule has 0 saturated heterocycles. The number of Topliss-reactive ketones (excluding diaryl/α,β-unsaturated/α-hetero) is 3. The molecule has 0 radical (unpaired) electrons. The van der Waals surface area contributed by atoms with E-state index in [-0.39, 0.29) is 76.2 Å². The number of ether oxygens (including phenoxy) is 3. The van der Waals surface area contributed by atoms with E-state index >= 15 is 0 Å². The molecule has 6 fully saturated rings. The van der Waals surface area contributed by atoms with Gasteiger partial charge in [-0.1, -0.05) is 143 Å². The van der Waals surface area contributed by atoms with Crippen LogP contribution in [0.25, 0.3) is 0 Å². The van der Waals surface area contributed by atoms with Crippen LogP contribution in [0.4, 0.5) is 0 Å². The Bertz CT molecular complexity index is 2920. The maximum Gasteiger partial charge on any atom is 0.309 e. The largest absolute Gasteiger partial charge is 0.469 e. The highest BCUT2D eigenvalue weighted by atomic mass is 16.5. The first-order chi connectivity index (χ1) is 41.6. The molecule has 12 aliphatic carbocycles. The van der Waals surface area contributed by atoms with E-state index in [2.05, 4.69) is 54.7 Å². The molecule has 12 rings (SSSR count). The van der Waals surface area contributed by atoms with E-state index in [1.807, 2.05) is 67.5 Å². The van der Waals surface area contributed by atoms with Gasteiger partial charge in [0.1, 0.15) is 41.2 Å². The van der Waals surface area contributed by atoms with Crippen molar-refractivity contribution >= 4 is 35.3 Å². The number of aliphatic hydroxyl groups is 7. The predicted octanol–water partition coefficient (Wildman–Crippen LogP) is 9.38. The lowest BCUT2D eigenvalue weighted by molar-refractivity contribution is -0.181. The molecule has 0 aliphatic heterocycles.